The lowest BCUT2D eigenvalue weighted by Crippen LogP contribution is -2.46. The van der Waals surface area contributed by atoms with Crippen LogP contribution < -0.4 is 0 Å². The molecule has 0 saturated carbocycles. The van der Waals surface area contributed by atoms with Crippen LogP contribution in [0.25, 0.3) is 11.1 Å². The van der Waals surface area contributed by atoms with Gasteiger partial charge in [0, 0.05) is 6.42 Å². The van der Waals surface area contributed by atoms with Gasteiger partial charge in [0.25, 0.3) is 0 Å². The van der Waals surface area contributed by atoms with Crippen molar-refractivity contribution >= 4 is 34.5 Å². The second kappa shape index (κ2) is 8.35. The number of carboxylic acid groups (broad SMARTS) is 2. The maximum Gasteiger partial charge on any atom is 0.323 e. The molecule has 0 bridgehead atoms. The molecule has 0 radical (unpaired) electrons. The Balaban J connectivity index is 2.27. The van der Waals surface area contributed by atoms with Crippen LogP contribution >= 0.6 is 22.6 Å². The summed E-state index contributed by atoms with van der Waals surface area (Å²) in [5.74, 6) is -3.22. The molecule has 0 aliphatic rings. The maximum atomic E-state index is 13.0. The smallest absolute Gasteiger partial charge is 0.323 e. The fourth-order valence-electron chi connectivity index (χ4n) is 2.52. The van der Waals surface area contributed by atoms with Crippen molar-refractivity contribution in [1.29, 1.82) is 0 Å². The lowest BCUT2D eigenvalue weighted by molar-refractivity contribution is -0.171. The zero-order valence-corrected chi connectivity index (χ0v) is 17.1. The van der Waals surface area contributed by atoms with Crippen LogP contribution in [0.3, 0.4) is 0 Å². The molecule has 0 amide bonds. The Hall–Kier alpha value is -2.00. The normalized spacial score (nSPS) is 12.0. The number of aliphatic carboxylic acids is 2. The monoisotopic (exact) mass is 486 g/mol. The van der Waals surface area contributed by atoms with E-state index in [9.17, 15) is 24.2 Å². The highest BCUT2D eigenvalue weighted by Crippen LogP contribution is 2.30. The van der Waals surface area contributed by atoms with E-state index in [2.05, 4.69) is 0 Å². The highest BCUT2D eigenvalue weighted by molar-refractivity contribution is 14.1. The summed E-state index contributed by atoms with van der Waals surface area (Å²) in [6, 6.07) is 12.8. The largest absolute Gasteiger partial charge is 0.480 e. The molecule has 0 unspecified atom stereocenters. The van der Waals surface area contributed by atoms with Crippen molar-refractivity contribution in [1.82, 2.24) is 0 Å². The first-order valence-corrected chi connectivity index (χ1v) is 9.26. The number of benzene rings is 2. The summed E-state index contributed by atoms with van der Waals surface area (Å²) in [5, 5.41) is 19.2. The van der Waals surface area contributed by atoms with E-state index >= 15 is 0 Å². The molecule has 7 heteroatoms. The van der Waals surface area contributed by atoms with Gasteiger partial charge in [0.15, 0.2) is 5.41 Å². The summed E-state index contributed by atoms with van der Waals surface area (Å²) < 4.78 is 17.8. The van der Waals surface area contributed by atoms with E-state index in [4.69, 9.17) is 4.74 Å². The Bertz CT molecular complexity index is 796. The summed E-state index contributed by atoms with van der Waals surface area (Å²) in [6.07, 6.45) is -0.214. The quantitative estimate of drug-likeness (QED) is 0.329. The van der Waals surface area contributed by atoms with Crippen LogP contribution in [-0.4, -0.2) is 32.4 Å². The van der Waals surface area contributed by atoms with E-state index < -0.39 is 27.6 Å². The Morgan fingerprint density at radius 3 is 1.81 bits per heavy atom. The lowest BCUT2D eigenvalue weighted by Gasteiger charge is -2.28. The molecule has 0 saturated heterocycles. The fourth-order valence-corrected chi connectivity index (χ4v) is 2.67. The molecule has 2 rings (SSSR count). The highest BCUT2D eigenvalue weighted by atomic mass is 127. The van der Waals surface area contributed by atoms with Gasteiger partial charge in [0.1, 0.15) is 9.43 Å². The van der Waals surface area contributed by atoms with Crippen molar-refractivity contribution in [2.45, 2.75) is 23.9 Å². The molecule has 27 heavy (non-hydrogen) atoms. The molecular weight excluding hydrogens is 466 g/mol. The van der Waals surface area contributed by atoms with E-state index in [0.717, 1.165) is 11.1 Å². The molecule has 5 nitrogen and oxygen atoms in total. The summed E-state index contributed by atoms with van der Waals surface area (Å²) in [7, 11) is 0. The molecule has 0 atom stereocenters. The van der Waals surface area contributed by atoms with E-state index in [-0.39, 0.29) is 12.2 Å². The van der Waals surface area contributed by atoms with Gasteiger partial charge in [-0.1, -0.05) is 36.4 Å². The molecule has 0 aliphatic carbocycles. The van der Waals surface area contributed by atoms with Gasteiger partial charge in [-0.2, -0.15) is 0 Å². The van der Waals surface area contributed by atoms with Crippen LogP contribution in [0, 0.1) is 11.2 Å². The van der Waals surface area contributed by atoms with Crippen LogP contribution in [0.1, 0.15) is 19.4 Å². The first-order valence-electron chi connectivity index (χ1n) is 8.18. The first-order chi connectivity index (χ1) is 12.5. The van der Waals surface area contributed by atoms with Crippen molar-refractivity contribution in [3.63, 3.8) is 0 Å². The van der Waals surface area contributed by atoms with E-state index in [0.29, 0.717) is 5.56 Å². The van der Waals surface area contributed by atoms with Crippen LogP contribution in [0.4, 0.5) is 4.39 Å². The average molecular weight is 486 g/mol. The van der Waals surface area contributed by atoms with Gasteiger partial charge in [-0.3, -0.25) is 9.59 Å². The summed E-state index contributed by atoms with van der Waals surface area (Å²) >= 11 is 1.97. The molecule has 2 aromatic carbocycles. The predicted molar refractivity (Wildman–Crippen MR) is 107 cm³/mol. The van der Waals surface area contributed by atoms with Crippen molar-refractivity contribution in [3.05, 3.63) is 59.9 Å². The molecule has 0 heterocycles. The SMILES string of the molecule is CC(C)(I)OCC(Cc1ccc(-c2ccc(F)cc2)cc1)(C(=O)O)C(=O)O. The van der Waals surface area contributed by atoms with Gasteiger partial charge in [0.2, 0.25) is 0 Å². The average Bonchev–Trinajstić information content (AvgIpc) is 2.58. The zero-order chi connectivity index (χ0) is 20.2. The van der Waals surface area contributed by atoms with Crippen LogP contribution in [-0.2, 0) is 20.7 Å². The Kier molecular flexibility index (Phi) is 6.59. The van der Waals surface area contributed by atoms with Crippen molar-refractivity contribution in [2.24, 2.45) is 5.41 Å². The molecule has 0 aromatic heterocycles. The van der Waals surface area contributed by atoms with Gasteiger partial charge < -0.3 is 14.9 Å². The van der Waals surface area contributed by atoms with E-state index in [1.807, 2.05) is 22.6 Å². The maximum absolute atomic E-state index is 13.0. The van der Waals surface area contributed by atoms with Crippen molar-refractivity contribution in [3.8, 4) is 11.1 Å². The zero-order valence-electron chi connectivity index (χ0n) is 14.9. The minimum Gasteiger partial charge on any atom is -0.480 e. The first kappa shape index (κ1) is 21.3. The Morgan fingerprint density at radius 1 is 0.963 bits per heavy atom. The summed E-state index contributed by atoms with van der Waals surface area (Å²) in [4.78, 5) is 23.6. The van der Waals surface area contributed by atoms with Gasteiger partial charge in [0.05, 0.1) is 6.61 Å². The summed E-state index contributed by atoms with van der Waals surface area (Å²) in [5.41, 5.74) is 0.0978. The van der Waals surface area contributed by atoms with Crippen LogP contribution in [0.5, 0.6) is 0 Å². The van der Waals surface area contributed by atoms with Crippen molar-refractivity contribution in [2.75, 3.05) is 6.61 Å². The number of carbonyl (C=O) groups is 2. The second-order valence-corrected chi connectivity index (χ2v) is 9.32. The standard InChI is InChI=1S/C20H20FIO5/c1-19(2,22)27-12-20(17(23)24,18(25)26)11-13-3-5-14(6-4-13)15-7-9-16(21)10-8-15/h3-10H,11-12H2,1-2H3,(H,23,24)(H,25,26). The molecule has 2 aromatic rings. The third-order valence-electron chi connectivity index (χ3n) is 4.12. The number of ether oxygens (including phenoxy) is 1. The number of alkyl halides is 1. The van der Waals surface area contributed by atoms with Crippen LogP contribution in [0.15, 0.2) is 48.5 Å². The van der Waals surface area contributed by atoms with Gasteiger partial charge in [-0.05, 0) is 65.3 Å². The highest BCUT2D eigenvalue weighted by Gasteiger charge is 2.48. The Morgan fingerprint density at radius 2 is 1.41 bits per heavy atom. The van der Waals surface area contributed by atoms with Crippen LogP contribution in [0.2, 0.25) is 0 Å². The number of halogens is 2. The minimum atomic E-state index is -2.08. The van der Waals surface area contributed by atoms with Crippen molar-refractivity contribution < 1.29 is 28.9 Å². The molecule has 0 aliphatic heterocycles. The van der Waals surface area contributed by atoms with E-state index in [1.165, 1.54) is 12.1 Å². The third kappa shape index (κ3) is 5.49. The molecule has 0 fully saturated rings. The molecule has 0 spiro atoms. The predicted octanol–water partition coefficient (Wildman–Crippen LogP) is 4.38. The third-order valence-corrected chi connectivity index (χ3v) is 4.43. The molecule has 144 valence electrons. The van der Waals surface area contributed by atoms with Gasteiger partial charge in [-0.15, -0.1) is 0 Å². The fraction of sp³-hybridized carbons (Fsp3) is 0.300. The molecule has 2 N–H and O–H groups in total. The second-order valence-electron chi connectivity index (χ2n) is 6.73. The topological polar surface area (TPSA) is 83.8 Å². The van der Waals surface area contributed by atoms with E-state index in [1.54, 1.807) is 50.2 Å². The number of rotatable bonds is 8. The lowest BCUT2D eigenvalue weighted by atomic mass is 9.82. The van der Waals surface area contributed by atoms with Gasteiger partial charge in [-0.25, -0.2) is 4.39 Å². The Labute approximate surface area is 170 Å². The minimum absolute atomic E-state index is 0.214. The summed E-state index contributed by atoms with van der Waals surface area (Å²) in [6.45, 7) is 2.99. The number of hydrogen-bond donors (Lipinski definition) is 2. The number of carboxylic acids is 2. The van der Waals surface area contributed by atoms with Gasteiger partial charge >= 0.3 is 11.9 Å². The number of hydrogen-bond acceptors (Lipinski definition) is 3. The molecular formula is C20H20FIO5.